The first-order valence-corrected chi connectivity index (χ1v) is 10.1. The second-order valence-electron chi connectivity index (χ2n) is 6.95. The highest BCUT2D eigenvalue weighted by Gasteiger charge is 2.26. The molecule has 0 heterocycles. The van der Waals surface area contributed by atoms with Gasteiger partial charge < -0.3 is 10.2 Å². The van der Waals surface area contributed by atoms with Gasteiger partial charge in [0.1, 0.15) is 6.04 Å². The maximum absolute atomic E-state index is 13.1. The second-order valence-corrected chi connectivity index (χ2v) is 7.82. The van der Waals surface area contributed by atoms with E-state index in [1.54, 1.807) is 36.1 Å². The molecule has 1 N–H and O–H groups in total. The van der Waals surface area contributed by atoms with Gasteiger partial charge in [0, 0.05) is 22.6 Å². The van der Waals surface area contributed by atoms with Crippen LogP contribution >= 0.6 is 23.2 Å². The van der Waals surface area contributed by atoms with E-state index >= 15 is 0 Å². The van der Waals surface area contributed by atoms with Crippen molar-refractivity contribution in [1.82, 2.24) is 10.2 Å². The Morgan fingerprint density at radius 2 is 1.43 bits per heavy atom. The van der Waals surface area contributed by atoms with Gasteiger partial charge in [0.2, 0.25) is 11.8 Å². The lowest BCUT2D eigenvalue weighted by atomic mass is 10.1. The van der Waals surface area contributed by atoms with Crippen LogP contribution in [0.2, 0.25) is 10.0 Å². The largest absolute Gasteiger partial charge is 0.352 e. The van der Waals surface area contributed by atoms with Crippen molar-refractivity contribution in [2.45, 2.75) is 52.2 Å². The van der Waals surface area contributed by atoms with Crippen molar-refractivity contribution in [3.8, 4) is 0 Å². The van der Waals surface area contributed by atoms with E-state index in [1.165, 1.54) is 0 Å². The maximum atomic E-state index is 13.1. The Bertz CT molecular complexity index is 791. The number of amides is 2. The average molecular weight is 421 g/mol. The summed E-state index contributed by atoms with van der Waals surface area (Å²) in [7, 11) is 0. The molecule has 0 bridgehead atoms. The second kappa shape index (κ2) is 10.5. The van der Waals surface area contributed by atoms with E-state index in [1.807, 2.05) is 38.1 Å². The molecule has 0 saturated carbocycles. The Labute approximate surface area is 176 Å². The molecule has 0 fully saturated rings. The SMILES string of the molecule is CC[C@H](C)NC(=O)[C@H](C)N(Cc1ccc(Cl)cc1)C(=O)Cc1ccc(Cl)cc1. The van der Waals surface area contributed by atoms with Gasteiger partial charge in [-0.15, -0.1) is 0 Å². The van der Waals surface area contributed by atoms with Crippen molar-refractivity contribution in [3.63, 3.8) is 0 Å². The highest BCUT2D eigenvalue weighted by molar-refractivity contribution is 6.30. The first-order valence-electron chi connectivity index (χ1n) is 9.39. The number of carbonyl (C=O) groups is 2. The van der Waals surface area contributed by atoms with E-state index in [-0.39, 0.29) is 24.3 Å². The molecule has 2 amide bonds. The van der Waals surface area contributed by atoms with Crippen LogP contribution < -0.4 is 5.32 Å². The van der Waals surface area contributed by atoms with E-state index in [2.05, 4.69) is 5.32 Å². The molecule has 150 valence electrons. The van der Waals surface area contributed by atoms with Gasteiger partial charge in [0.25, 0.3) is 0 Å². The monoisotopic (exact) mass is 420 g/mol. The molecule has 2 aromatic carbocycles. The van der Waals surface area contributed by atoms with Crippen molar-refractivity contribution in [2.24, 2.45) is 0 Å². The summed E-state index contributed by atoms with van der Waals surface area (Å²) < 4.78 is 0. The summed E-state index contributed by atoms with van der Waals surface area (Å²) >= 11 is 11.9. The minimum Gasteiger partial charge on any atom is -0.352 e. The van der Waals surface area contributed by atoms with Crippen molar-refractivity contribution in [2.75, 3.05) is 0 Å². The van der Waals surface area contributed by atoms with Crippen LogP contribution in [0.3, 0.4) is 0 Å². The number of hydrogen-bond acceptors (Lipinski definition) is 2. The number of hydrogen-bond donors (Lipinski definition) is 1. The Kier molecular flexibility index (Phi) is 8.34. The molecule has 2 atom stereocenters. The van der Waals surface area contributed by atoms with Crippen LogP contribution in [0.25, 0.3) is 0 Å². The summed E-state index contributed by atoms with van der Waals surface area (Å²) in [6.07, 6.45) is 1.03. The van der Waals surface area contributed by atoms with Crippen LogP contribution in [-0.4, -0.2) is 28.8 Å². The molecule has 4 nitrogen and oxygen atoms in total. The van der Waals surface area contributed by atoms with Gasteiger partial charge in [-0.3, -0.25) is 9.59 Å². The molecule has 0 aliphatic heterocycles. The van der Waals surface area contributed by atoms with Gasteiger partial charge >= 0.3 is 0 Å². The lowest BCUT2D eigenvalue weighted by Crippen LogP contribution is -2.49. The lowest BCUT2D eigenvalue weighted by Gasteiger charge is -2.30. The standard InChI is InChI=1S/C22H26Cl2N2O2/c1-4-15(2)25-22(28)16(3)26(14-18-7-11-20(24)12-8-18)21(27)13-17-5-9-19(23)10-6-17/h5-12,15-16H,4,13-14H2,1-3H3,(H,25,28)/t15-,16-/m0/s1. The first-order chi connectivity index (χ1) is 13.3. The molecule has 0 spiro atoms. The summed E-state index contributed by atoms with van der Waals surface area (Å²) in [5.74, 6) is -0.281. The molecule has 6 heteroatoms. The van der Waals surface area contributed by atoms with Crippen molar-refractivity contribution in [1.29, 1.82) is 0 Å². The summed E-state index contributed by atoms with van der Waals surface area (Å²) in [5, 5.41) is 4.21. The van der Waals surface area contributed by atoms with Gasteiger partial charge in [-0.2, -0.15) is 0 Å². The summed E-state index contributed by atoms with van der Waals surface area (Å²) in [4.78, 5) is 27.3. The van der Waals surface area contributed by atoms with Gasteiger partial charge in [0.15, 0.2) is 0 Å². The summed E-state index contributed by atoms with van der Waals surface area (Å²) in [6.45, 7) is 6.04. The van der Waals surface area contributed by atoms with Gasteiger partial charge in [-0.05, 0) is 55.7 Å². The Morgan fingerprint density at radius 3 is 1.93 bits per heavy atom. The topological polar surface area (TPSA) is 49.4 Å². The molecule has 2 rings (SSSR count). The summed E-state index contributed by atoms with van der Waals surface area (Å²) in [5.41, 5.74) is 1.77. The number of nitrogens with zero attached hydrogens (tertiary/aromatic N) is 1. The average Bonchev–Trinajstić information content (AvgIpc) is 2.68. The molecule has 28 heavy (non-hydrogen) atoms. The summed E-state index contributed by atoms with van der Waals surface area (Å²) in [6, 6.07) is 13.9. The Balaban J connectivity index is 2.20. The van der Waals surface area contributed by atoms with Crippen LogP contribution in [0, 0.1) is 0 Å². The number of halogens is 2. The van der Waals surface area contributed by atoms with Crippen LogP contribution in [0.5, 0.6) is 0 Å². The first kappa shape index (κ1) is 22.3. The molecule has 2 aromatic rings. The molecule has 0 aliphatic carbocycles. The van der Waals surface area contributed by atoms with E-state index in [9.17, 15) is 9.59 Å². The van der Waals surface area contributed by atoms with E-state index < -0.39 is 6.04 Å². The minimum atomic E-state index is -0.593. The van der Waals surface area contributed by atoms with Gasteiger partial charge in [0.05, 0.1) is 6.42 Å². The normalized spacial score (nSPS) is 12.9. The number of carbonyl (C=O) groups excluding carboxylic acids is 2. The third kappa shape index (κ3) is 6.54. The highest BCUT2D eigenvalue weighted by Crippen LogP contribution is 2.16. The van der Waals surface area contributed by atoms with Crippen LogP contribution in [-0.2, 0) is 22.6 Å². The van der Waals surface area contributed by atoms with Crippen LogP contribution in [0.1, 0.15) is 38.3 Å². The maximum Gasteiger partial charge on any atom is 0.242 e. The predicted molar refractivity (Wildman–Crippen MR) is 115 cm³/mol. The fourth-order valence-electron chi connectivity index (χ4n) is 2.71. The zero-order valence-electron chi connectivity index (χ0n) is 16.4. The molecule has 0 unspecified atom stereocenters. The molecule has 0 aliphatic rings. The molecular formula is C22H26Cl2N2O2. The highest BCUT2D eigenvalue weighted by atomic mass is 35.5. The molecule has 0 saturated heterocycles. The fraction of sp³-hybridized carbons (Fsp3) is 0.364. The fourth-order valence-corrected chi connectivity index (χ4v) is 2.97. The third-order valence-electron chi connectivity index (χ3n) is 4.70. The predicted octanol–water partition coefficient (Wildman–Crippen LogP) is 4.87. The third-order valence-corrected chi connectivity index (χ3v) is 5.21. The minimum absolute atomic E-state index is 0.0544. The zero-order chi connectivity index (χ0) is 20.7. The smallest absolute Gasteiger partial charge is 0.242 e. The molecule has 0 aromatic heterocycles. The Morgan fingerprint density at radius 1 is 0.929 bits per heavy atom. The lowest BCUT2D eigenvalue weighted by molar-refractivity contribution is -0.140. The van der Waals surface area contributed by atoms with Crippen molar-refractivity contribution >= 4 is 35.0 Å². The van der Waals surface area contributed by atoms with E-state index in [0.717, 1.165) is 17.5 Å². The number of rotatable bonds is 8. The Hall–Kier alpha value is -2.04. The van der Waals surface area contributed by atoms with Crippen molar-refractivity contribution in [3.05, 3.63) is 69.7 Å². The van der Waals surface area contributed by atoms with Crippen molar-refractivity contribution < 1.29 is 9.59 Å². The van der Waals surface area contributed by atoms with E-state index in [0.29, 0.717) is 16.6 Å². The number of benzene rings is 2. The van der Waals surface area contributed by atoms with E-state index in [4.69, 9.17) is 23.2 Å². The molecular weight excluding hydrogens is 395 g/mol. The van der Waals surface area contributed by atoms with Gasteiger partial charge in [-0.25, -0.2) is 0 Å². The quantitative estimate of drug-likeness (QED) is 0.661. The zero-order valence-corrected chi connectivity index (χ0v) is 17.9. The molecule has 0 radical (unpaired) electrons. The van der Waals surface area contributed by atoms with Gasteiger partial charge in [-0.1, -0.05) is 54.4 Å². The number of nitrogens with one attached hydrogen (secondary N) is 1. The van der Waals surface area contributed by atoms with Crippen LogP contribution in [0.4, 0.5) is 0 Å². The van der Waals surface area contributed by atoms with Crippen LogP contribution in [0.15, 0.2) is 48.5 Å².